The van der Waals surface area contributed by atoms with Gasteiger partial charge in [0.05, 0.1) is 0 Å². The average molecular weight is 294 g/mol. The van der Waals surface area contributed by atoms with Gasteiger partial charge in [-0.2, -0.15) is 4.98 Å². The molecule has 1 aromatic heterocycles. The van der Waals surface area contributed by atoms with E-state index in [-0.39, 0.29) is 11.0 Å². The largest absolute Gasteiger partial charge is 0.424 e. The van der Waals surface area contributed by atoms with Crippen molar-refractivity contribution in [1.29, 1.82) is 0 Å². The van der Waals surface area contributed by atoms with Gasteiger partial charge in [-0.05, 0) is 36.2 Å². The van der Waals surface area contributed by atoms with E-state index in [2.05, 4.69) is 9.97 Å². The lowest BCUT2D eigenvalue weighted by atomic mass is 10.1. The van der Waals surface area contributed by atoms with Gasteiger partial charge in [0.2, 0.25) is 0 Å². The average Bonchev–Trinajstić information content (AvgIpc) is 2.41. The van der Waals surface area contributed by atoms with Gasteiger partial charge in [0.15, 0.2) is 0 Å². The maximum atomic E-state index is 6.05. The number of aryl methyl sites for hydroxylation is 1. The zero-order valence-corrected chi connectivity index (χ0v) is 11.8. The number of aromatic nitrogens is 2. The normalized spacial score (nSPS) is 10.2. The Labute approximate surface area is 121 Å². The van der Waals surface area contributed by atoms with Crippen LogP contribution in [0.3, 0.4) is 0 Å². The highest BCUT2D eigenvalue weighted by molar-refractivity contribution is 7.80. The summed E-state index contributed by atoms with van der Waals surface area (Å²) in [5.41, 5.74) is 6.99. The number of halogens is 1. The molecule has 19 heavy (non-hydrogen) atoms. The van der Waals surface area contributed by atoms with E-state index in [4.69, 9.17) is 34.3 Å². The summed E-state index contributed by atoms with van der Waals surface area (Å²) in [6.45, 7) is 2.02. The lowest BCUT2D eigenvalue weighted by Crippen LogP contribution is -2.12. The molecule has 0 spiro atoms. The zero-order valence-electron chi connectivity index (χ0n) is 10.3. The highest BCUT2D eigenvalue weighted by Gasteiger charge is 2.06. The van der Waals surface area contributed by atoms with Crippen LogP contribution in [0.1, 0.15) is 18.2 Å². The fourth-order valence-corrected chi connectivity index (χ4v) is 1.88. The number of nitrogens with zero attached hydrogens (tertiary/aromatic N) is 2. The summed E-state index contributed by atoms with van der Waals surface area (Å²) >= 11 is 10.9. The van der Waals surface area contributed by atoms with Crippen LogP contribution >= 0.6 is 23.8 Å². The van der Waals surface area contributed by atoms with E-state index in [0.717, 1.165) is 12.0 Å². The Morgan fingerprint density at radius 2 is 2.21 bits per heavy atom. The van der Waals surface area contributed by atoms with Crippen LogP contribution in [0.15, 0.2) is 30.5 Å². The minimum atomic E-state index is 0.203. The van der Waals surface area contributed by atoms with Crippen LogP contribution in [0.5, 0.6) is 11.8 Å². The number of rotatable bonds is 4. The van der Waals surface area contributed by atoms with Crippen LogP contribution in [0.2, 0.25) is 5.02 Å². The van der Waals surface area contributed by atoms with Crippen LogP contribution in [-0.4, -0.2) is 15.0 Å². The fraction of sp³-hybridized carbons (Fsp3) is 0.154. The number of ether oxygens (including phenoxy) is 1. The van der Waals surface area contributed by atoms with Crippen molar-refractivity contribution < 1.29 is 4.74 Å². The summed E-state index contributed by atoms with van der Waals surface area (Å²) in [5.74, 6) is 0.626. The highest BCUT2D eigenvalue weighted by atomic mass is 35.5. The number of nitrogens with two attached hydrogens (primary N) is 1. The van der Waals surface area contributed by atoms with Gasteiger partial charge in [-0.25, -0.2) is 4.98 Å². The second-order valence-electron chi connectivity index (χ2n) is 3.80. The Morgan fingerprint density at radius 3 is 2.89 bits per heavy atom. The molecule has 2 N–H and O–H groups in total. The van der Waals surface area contributed by atoms with Crippen LogP contribution in [0.25, 0.3) is 0 Å². The third-order valence-corrected chi connectivity index (χ3v) is 3.07. The number of thiocarbonyl (C=S) groups is 1. The van der Waals surface area contributed by atoms with Crippen LogP contribution < -0.4 is 10.5 Å². The molecule has 0 aliphatic heterocycles. The first-order valence-corrected chi connectivity index (χ1v) is 6.48. The second kappa shape index (κ2) is 5.95. The van der Waals surface area contributed by atoms with E-state index in [1.54, 1.807) is 24.4 Å². The van der Waals surface area contributed by atoms with Gasteiger partial charge in [0.25, 0.3) is 0 Å². The lowest BCUT2D eigenvalue weighted by molar-refractivity contribution is 0.441. The lowest BCUT2D eigenvalue weighted by Gasteiger charge is -2.07. The summed E-state index contributed by atoms with van der Waals surface area (Å²) in [6, 6.07) is 7.24. The molecule has 2 rings (SSSR count). The Kier molecular flexibility index (Phi) is 4.29. The molecule has 0 bridgehead atoms. The molecule has 0 saturated heterocycles. The first kappa shape index (κ1) is 13.7. The molecule has 0 radical (unpaired) electrons. The Morgan fingerprint density at radius 1 is 1.42 bits per heavy atom. The summed E-state index contributed by atoms with van der Waals surface area (Å²) in [4.78, 5) is 8.33. The fourth-order valence-electron chi connectivity index (χ4n) is 1.52. The van der Waals surface area contributed by atoms with Crippen molar-refractivity contribution in [2.75, 3.05) is 0 Å². The van der Waals surface area contributed by atoms with Crippen molar-refractivity contribution in [3.8, 4) is 11.8 Å². The summed E-state index contributed by atoms with van der Waals surface area (Å²) in [5, 5.41) is 0.715. The third kappa shape index (κ3) is 3.39. The van der Waals surface area contributed by atoms with Crippen LogP contribution in [0, 0.1) is 0 Å². The number of hydrogen-bond donors (Lipinski definition) is 1. The minimum absolute atomic E-state index is 0.203. The smallest absolute Gasteiger partial charge is 0.322 e. The van der Waals surface area contributed by atoms with Crippen LogP contribution in [0.4, 0.5) is 0 Å². The maximum absolute atomic E-state index is 6.05. The standard InChI is InChI=1S/C13H12ClN3OS/c1-2-8-7-9(3-4-10(8)14)18-13-16-6-5-11(17-13)12(15)19/h3-7H,2H2,1H3,(H2,15,19). The topological polar surface area (TPSA) is 61.0 Å². The van der Waals surface area contributed by atoms with Crippen molar-refractivity contribution in [3.63, 3.8) is 0 Å². The minimum Gasteiger partial charge on any atom is -0.424 e. The molecule has 98 valence electrons. The molecule has 0 saturated carbocycles. The van der Waals surface area contributed by atoms with Gasteiger partial charge in [0, 0.05) is 11.2 Å². The zero-order chi connectivity index (χ0) is 13.8. The van der Waals surface area contributed by atoms with E-state index >= 15 is 0 Å². The molecule has 0 aliphatic rings. The maximum Gasteiger partial charge on any atom is 0.322 e. The predicted molar refractivity (Wildman–Crippen MR) is 78.8 cm³/mol. The summed E-state index contributed by atoms with van der Waals surface area (Å²) in [6.07, 6.45) is 2.37. The van der Waals surface area contributed by atoms with E-state index in [0.29, 0.717) is 16.5 Å². The first-order valence-electron chi connectivity index (χ1n) is 5.69. The molecule has 0 atom stereocenters. The molecular formula is C13H12ClN3OS. The molecule has 1 aromatic carbocycles. The van der Waals surface area contributed by atoms with Gasteiger partial charge in [-0.15, -0.1) is 0 Å². The monoisotopic (exact) mass is 293 g/mol. The number of benzene rings is 1. The molecule has 6 heteroatoms. The van der Waals surface area contributed by atoms with E-state index < -0.39 is 0 Å². The molecule has 1 heterocycles. The summed E-state index contributed by atoms with van der Waals surface area (Å²) in [7, 11) is 0. The van der Waals surface area contributed by atoms with E-state index in [9.17, 15) is 0 Å². The Bertz CT molecular complexity index is 619. The van der Waals surface area contributed by atoms with Crippen molar-refractivity contribution in [2.24, 2.45) is 5.73 Å². The van der Waals surface area contributed by atoms with Gasteiger partial charge in [-0.1, -0.05) is 30.7 Å². The van der Waals surface area contributed by atoms with Crippen molar-refractivity contribution >= 4 is 28.8 Å². The molecule has 4 nitrogen and oxygen atoms in total. The van der Waals surface area contributed by atoms with Crippen LogP contribution in [-0.2, 0) is 6.42 Å². The highest BCUT2D eigenvalue weighted by Crippen LogP contribution is 2.25. The molecule has 0 amide bonds. The van der Waals surface area contributed by atoms with Gasteiger partial charge < -0.3 is 10.5 Å². The first-order chi connectivity index (χ1) is 9.10. The van der Waals surface area contributed by atoms with E-state index in [1.165, 1.54) is 0 Å². The van der Waals surface area contributed by atoms with Gasteiger partial charge in [-0.3, -0.25) is 0 Å². The number of hydrogen-bond acceptors (Lipinski definition) is 4. The molecule has 0 fully saturated rings. The predicted octanol–water partition coefficient (Wildman–Crippen LogP) is 3.12. The Hall–Kier alpha value is -1.72. The Balaban J connectivity index is 2.26. The van der Waals surface area contributed by atoms with Crippen molar-refractivity contribution in [3.05, 3.63) is 46.7 Å². The van der Waals surface area contributed by atoms with Crippen molar-refractivity contribution in [1.82, 2.24) is 9.97 Å². The quantitative estimate of drug-likeness (QED) is 0.878. The molecule has 2 aromatic rings. The molecule has 0 aliphatic carbocycles. The molecule has 0 unspecified atom stereocenters. The molecular weight excluding hydrogens is 282 g/mol. The van der Waals surface area contributed by atoms with Gasteiger partial charge >= 0.3 is 6.01 Å². The van der Waals surface area contributed by atoms with Crippen molar-refractivity contribution in [2.45, 2.75) is 13.3 Å². The second-order valence-corrected chi connectivity index (χ2v) is 4.64. The SMILES string of the molecule is CCc1cc(Oc2nccc(C(N)=S)n2)ccc1Cl. The third-order valence-electron chi connectivity index (χ3n) is 2.49. The van der Waals surface area contributed by atoms with E-state index in [1.807, 2.05) is 13.0 Å². The van der Waals surface area contributed by atoms with Gasteiger partial charge in [0.1, 0.15) is 16.4 Å². The summed E-state index contributed by atoms with van der Waals surface area (Å²) < 4.78 is 5.57.